The monoisotopic (exact) mass is 400 g/mol. The van der Waals surface area contributed by atoms with Gasteiger partial charge in [0.1, 0.15) is 5.82 Å². The van der Waals surface area contributed by atoms with E-state index in [1.54, 1.807) is 0 Å². The topological polar surface area (TPSA) is 92.8 Å². The van der Waals surface area contributed by atoms with Gasteiger partial charge in [-0.2, -0.15) is 4.31 Å². The van der Waals surface area contributed by atoms with E-state index < -0.39 is 25.9 Å². The molecule has 0 unspecified atom stereocenters. The first kappa shape index (κ1) is 18.8. The number of nitrogens with zero attached hydrogens (tertiary/aromatic N) is 1. The smallest absolute Gasteiger partial charge is 0.261 e. The molecular formula is C16H17FN2O5S2. The highest BCUT2D eigenvalue weighted by atomic mass is 32.2. The number of nitrogens with one attached hydrogen (secondary N) is 1. The van der Waals surface area contributed by atoms with Crippen LogP contribution in [0.3, 0.4) is 0 Å². The molecule has 1 heterocycles. The molecule has 0 amide bonds. The molecule has 1 aliphatic heterocycles. The van der Waals surface area contributed by atoms with Gasteiger partial charge in [-0.3, -0.25) is 4.72 Å². The number of ether oxygens (including phenoxy) is 1. The van der Waals surface area contributed by atoms with Crippen molar-refractivity contribution in [3.8, 4) is 0 Å². The predicted octanol–water partition coefficient (Wildman–Crippen LogP) is 1.65. The maximum absolute atomic E-state index is 13.0. The maximum Gasteiger partial charge on any atom is 0.261 e. The molecule has 1 aliphatic rings. The van der Waals surface area contributed by atoms with E-state index in [2.05, 4.69) is 4.72 Å². The molecule has 0 saturated carbocycles. The van der Waals surface area contributed by atoms with Gasteiger partial charge < -0.3 is 4.74 Å². The Labute approximate surface area is 151 Å². The number of sulfonamides is 2. The van der Waals surface area contributed by atoms with Crippen LogP contribution in [-0.2, 0) is 24.8 Å². The van der Waals surface area contributed by atoms with E-state index in [4.69, 9.17) is 4.74 Å². The molecule has 0 bridgehead atoms. The minimum absolute atomic E-state index is 0.0151. The van der Waals surface area contributed by atoms with Gasteiger partial charge in [0.15, 0.2) is 0 Å². The summed E-state index contributed by atoms with van der Waals surface area (Å²) >= 11 is 0. The van der Waals surface area contributed by atoms with Crippen LogP contribution in [-0.4, -0.2) is 47.4 Å². The first-order valence-electron chi connectivity index (χ1n) is 7.75. The first-order chi connectivity index (χ1) is 12.3. The van der Waals surface area contributed by atoms with Crippen molar-refractivity contribution in [3.05, 3.63) is 54.3 Å². The van der Waals surface area contributed by atoms with E-state index in [1.165, 1.54) is 28.6 Å². The van der Waals surface area contributed by atoms with Crippen molar-refractivity contribution in [2.24, 2.45) is 0 Å². The fourth-order valence-corrected chi connectivity index (χ4v) is 4.99. The number of rotatable bonds is 5. The molecule has 1 fully saturated rings. The Morgan fingerprint density at radius 3 is 2.23 bits per heavy atom. The molecule has 0 spiro atoms. The van der Waals surface area contributed by atoms with Crippen molar-refractivity contribution >= 4 is 25.7 Å². The minimum Gasteiger partial charge on any atom is -0.379 e. The molecule has 140 valence electrons. The Morgan fingerprint density at radius 1 is 0.923 bits per heavy atom. The molecule has 1 saturated heterocycles. The third-order valence-corrected chi connectivity index (χ3v) is 7.11. The highest BCUT2D eigenvalue weighted by molar-refractivity contribution is 7.92. The molecule has 2 aromatic carbocycles. The lowest BCUT2D eigenvalue weighted by Gasteiger charge is -2.26. The second-order valence-corrected chi connectivity index (χ2v) is 9.22. The molecule has 26 heavy (non-hydrogen) atoms. The summed E-state index contributed by atoms with van der Waals surface area (Å²) < 4.78 is 71.8. The summed E-state index contributed by atoms with van der Waals surface area (Å²) in [6.07, 6.45) is 0. The average molecular weight is 400 g/mol. The Bertz CT molecular complexity index is 986. The summed E-state index contributed by atoms with van der Waals surface area (Å²) in [7, 11) is -7.70. The van der Waals surface area contributed by atoms with Crippen LogP contribution in [0.15, 0.2) is 58.3 Å². The third kappa shape index (κ3) is 4.04. The molecule has 0 aromatic heterocycles. The molecular weight excluding hydrogens is 383 g/mol. The molecule has 0 aliphatic carbocycles. The molecule has 2 aromatic rings. The second-order valence-electron chi connectivity index (χ2n) is 5.60. The van der Waals surface area contributed by atoms with Gasteiger partial charge in [-0.1, -0.05) is 6.07 Å². The lowest BCUT2D eigenvalue weighted by Crippen LogP contribution is -2.40. The van der Waals surface area contributed by atoms with Crippen molar-refractivity contribution in [1.29, 1.82) is 0 Å². The Balaban J connectivity index is 1.86. The summed E-state index contributed by atoms with van der Waals surface area (Å²) in [6, 6.07) is 9.89. The highest BCUT2D eigenvalue weighted by Gasteiger charge is 2.26. The largest absolute Gasteiger partial charge is 0.379 e. The van der Waals surface area contributed by atoms with Gasteiger partial charge in [0.25, 0.3) is 10.0 Å². The Morgan fingerprint density at radius 2 is 1.58 bits per heavy atom. The Kier molecular flexibility index (Phi) is 5.28. The lowest BCUT2D eigenvalue weighted by molar-refractivity contribution is 0.0730. The molecule has 0 radical (unpaired) electrons. The summed E-state index contributed by atoms with van der Waals surface area (Å²) in [5.41, 5.74) is 0.101. The first-order valence-corrected chi connectivity index (χ1v) is 10.7. The van der Waals surface area contributed by atoms with Crippen LogP contribution in [0.4, 0.5) is 10.1 Å². The fourth-order valence-electron chi connectivity index (χ4n) is 2.48. The molecule has 0 atom stereocenters. The zero-order chi connectivity index (χ0) is 18.8. The van der Waals surface area contributed by atoms with E-state index >= 15 is 0 Å². The standard InChI is InChI=1S/C16H17FN2O5S2/c17-13-4-6-15(7-5-13)25(20,21)18-14-2-1-3-16(12-14)26(22,23)19-8-10-24-11-9-19/h1-7,12,18H,8-11H2. The normalized spacial score (nSPS) is 16.3. The predicted molar refractivity (Wildman–Crippen MR) is 93.2 cm³/mol. The lowest BCUT2D eigenvalue weighted by atomic mass is 10.3. The van der Waals surface area contributed by atoms with E-state index in [1.807, 2.05) is 0 Å². The van der Waals surface area contributed by atoms with E-state index in [-0.39, 0.29) is 28.6 Å². The van der Waals surface area contributed by atoms with Gasteiger partial charge >= 0.3 is 0 Å². The number of benzene rings is 2. The van der Waals surface area contributed by atoms with Crippen LogP contribution in [0.1, 0.15) is 0 Å². The zero-order valence-electron chi connectivity index (χ0n) is 13.6. The van der Waals surface area contributed by atoms with Gasteiger partial charge in [-0.15, -0.1) is 0 Å². The minimum atomic E-state index is -3.96. The maximum atomic E-state index is 13.0. The molecule has 3 rings (SSSR count). The summed E-state index contributed by atoms with van der Waals surface area (Å²) in [5, 5.41) is 0. The van der Waals surface area contributed by atoms with Crippen LogP contribution in [0.5, 0.6) is 0 Å². The fraction of sp³-hybridized carbons (Fsp3) is 0.250. The van der Waals surface area contributed by atoms with Gasteiger partial charge in [0, 0.05) is 13.1 Å². The van der Waals surface area contributed by atoms with Crippen molar-refractivity contribution in [2.75, 3.05) is 31.0 Å². The highest BCUT2D eigenvalue weighted by Crippen LogP contribution is 2.22. The number of halogens is 1. The third-order valence-electron chi connectivity index (χ3n) is 3.82. The van der Waals surface area contributed by atoms with Crippen molar-refractivity contribution in [1.82, 2.24) is 4.31 Å². The Hall–Kier alpha value is -2.01. The number of morpholine rings is 1. The van der Waals surface area contributed by atoms with Gasteiger partial charge in [-0.25, -0.2) is 21.2 Å². The average Bonchev–Trinajstić information content (AvgIpc) is 2.63. The van der Waals surface area contributed by atoms with Crippen LogP contribution < -0.4 is 4.72 Å². The van der Waals surface area contributed by atoms with Crippen LogP contribution in [0.25, 0.3) is 0 Å². The van der Waals surface area contributed by atoms with Crippen molar-refractivity contribution in [3.63, 3.8) is 0 Å². The van der Waals surface area contributed by atoms with Crippen molar-refractivity contribution < 1.29 is 26.0 Å². The summed E-state index contributed by atoms with van der Waals surface area (Å²) in [6.45, 7) is 1.12. The van der Waals surface area contributed by atoms with Crippen molar-refractivity contribution in [2.45, 2.75) is 9.79 Å². The molecule has 10 heteroatoms. The molecule has 1 N–H and O–H groups in total. The zero-order valence-corrected chi connectivity index (χ0v) is 15.3. The molecule has 7 nitrogen and oxygen atoms in total. The summed E-state index contributed by atoms with van der Waals surface area (Å²) in [4.78, 5) is -0.140. The van der Waals surface area contributed by atoms with Gasteiger partial charge in [0.05, 0.1) is 28.7 Å². The number of anilines is 1. The van der Waals surface area contributed by atoms with Crippen LogP contribution in [0.2, 0.25) is 0 Å². The van der Waals surface area contributed by atoms with Crippen LogP contribution in [0, 0.1) is 5.82 Å². The SMILES string of the molecule is O=S(=O)(Nc1cccc(S(=O)(=O)N2CCOCC2)c1)c1ccc(F)cc1. The van der Waals surface area contributed by atoms with Gasteiger partial charge in [0.2, 0.25) is 10.0 Å². The van der Waals surface area contributed by atoms with Crippen LogP contribution >= 0.6 is 0 Å². The second kappa shape index (κ2) is 7.31. The van der Waals surface area contributed by atoms with E-state index in [9.17, 15) is 21.2 Å². The van der Waals surface area contributed by atoms with Gasteiger partial charge in [-0.05, 0) is 42.5 Å². The summed E-state index contributed by atoms with van der Waals surface area (Å²) in [5.74, 6) is -0.553. The quantitative estimate of drug-likeness (QED) is 0.824. The number of hydrogen-bond donors (Lipinski definition) is 1. The number of hydrogen-bond acceptors (Lipinski definition) is 5. The van der Waals surface area contributed by atoms with E-state index in [0.29, 0.717) is 13.2 Å². The van der Waals surface area contributed by atoms with E-state index in [0.717, 1.165) is 24.3 Å².